The molecule has 1 aromatic heterocycles. The highest BCUT2D eigenvalue weighted by Crippen LogP contribution is 2.33. The Bertz CT molecular complexity index is 1200. The predicted octanol–water partition coefficient (Wildman–Crippen LogP) is 3.49. The molecular formula is C20H20N2O5S2. The van der Waals surface area contributed by atoms with Crippen molar-refractivity contribution in [3.63, 3.8) is 0 Å². The number of hydrogen-bond acceptors (Lipinski definition) is 7. The van der Waals surface area contributed by atoms with Crippen molar-refractivity contribution in [2.24, 2.45) is 0 Å². The quantitative estimate of drug-likeness (QED) is 0.663. The summed E-state index contributed by atoms with van der Waals surface area (Å²) in [6, 6.07) is 8.54. The minimum absolute atomic E-state index is 0.112. The van der Waals surface area contributed by atoms with Crippen LogP contribution in [0, 0.1) is 13.8 Å². The summed E-state index contributed by atoms with van der Waals surface area (Å²) in [6.45, 7) is 4.79. The highest BCUT2D eigenvalue weighted by molar-refractivity contribution is 7.91. The van der Waals surface area contributed by atoms with Crippen LogP contribution in [-0.2, 0) is 14.6 Å². The first-order chi connectivity index (χ1) is 13.8. The zero-order valence-corrected chi connectivity index (χ0v) is 17.7. The van der Waals surface area contributed by atoms with Crippen LogP contribution in [0.5, 0.6) is 11.5 Å². The van der Waals surface area contributed by atoms with Gasteiger partial charge in [-0.3, -0.25) is 4.79 Å². The molecule has 0 saturated carbocycles. The van der Waals surface area contributed by atoms with E-state index in [1.165, 1.54) is 23.5 Å². The molecule has 152 valence electrons. The number of aromatic nitrogens is 1. The topological polar surface area (TPSA) is 94.6 Å². The van der Waals surface area contributed by atoms with Crippen molar-refractivity contribution in [1.82, 2.24) is 4.98 Å². The number of nitrogens with zero attached hydrogens (tertiary/aromatic N) is 1. The number of amides is 1. The van der Waals surface area contributed by atoms with Gasteiger partial charge in [0.1, 0.15) is 13.2 Å². The lowest BCUT2D eigenvalue weighted by Gasteiger charge is -2.18. The van der Waals surface area contributed by atoms with Gasteiger partial charge in [-0.25, -0.2) is 13.4 Å². The Morgan fingerprint density at radius 1 is 1.14 bits per heavy atom. The molecule has 0 fully saturated rings. The molecule has 0 bridgehead atoms. The maximum Gasteiger partial charge on any atom is 0.227 e. The van der Waals surface area contributed by atoms with E-state index in [1.54, 1.807) is 6.07 Å². The van der Waals surface area contributed by atoms with Gasteiger partial charge in [0.2, 0.25) is 5.91 Å². The molecule has 29 heavy (non-hydrogen) atoms. The normalized spacial score (nSPS) is 13.4. The Hall–Kier alpha value is -2.65. The maximum atomic E-state index is 12.6. The summed E-state index contributed by atoms with van der Waals surface area (Å²) in [7, 11) is -3.63. The number of thiazole rings is 1. The van der Waals surface area contributed by atoms with Crippen LogP contribution in [0.25, 0.3) is 10.2 Å². The van der Waals surface area contributed by atoms with Gasteiger partial charge in [0.25, 0.3) is 0 Å². The largest absolute Gasteiger partial charge is 0.486 e. The number of benzene rings is 2. The van der Waals surface area contributed by atoms with E-state index >= 15 is 0 Å². The number of fused-ring (bicyclic) bond motifs is 2. The highest BCUT2D eigenvalue weighted by atomic mass is 32.2. The fourth-order valence-corrected chi connectivity index (χ4v) is 5.48. The molecule has 0 radical (unpaired) electrons. The molecule has 0 spiro atoms. The van der Waals surface area contributed by atoms with Gasteiger partial charge in [0.15, 0.2) is 26.5 Å². The minimum atomic E-state index is -3.63. The average Bonchev–Trinajstić information content (AvgIpc) is 3.08. The molecule has 2 heterocycles. The van der Waals surface area contributed by atoms with Crippen molar-refractivity contribution in [3.05, 3.63) is 41.5 Å². The SMILES string of the molecule is Cc1cc(C)c2nc(NC(=O)CCS(=O)(=O)c3ccc4c(c3)OCCO4)sc2c1. The molecule has 0 atom stereocenters. The third-order valence-corrected chi connectivity index (χ3v) is 7.18. The number of sulfone groups is 1. The van der Waals surface area contributed by atoms with Crippen molar-refractivity contribution in [1.29, 1.82) is 0 Å². The molecule has 4 rings (SSSR count). The van der Waals surface area contributed by atoms with Gasteiger partial charge < -0.3 is 14.8 Å². The zero-order valence-electron chi connectivity index (χ0n) is 16.0. The highest BCUT2D eigenvalue weighted by Gasteiger charge is 2.21. The van der Waals surface area contributed by atoms with Crippen LogP contribution in [0.1, 0.15) is 17.5 Å². The smallest absolute Gasteiger partial charge is 0.227 e. The number of nitrogens with one attached hydrogen (secondary N) is 1. The van der Waals surface area contributed by atoms with Gasteiger partial charge >= 0.3 is 0 Å². The van der Waals surface area contributed by atoms with Crippen LogP contribution in [0.3, 0.4) is 0 Å². The Labute approximate surface area is 172 Å². The lowest BCUT2D eigenvalue weighted by Crippen LogP contribution is -2.18. The predicted molar refractivity (Wildman–Crippen MR) is 112 cm³/mol. The van der Waals surface area contributed by atoms with Gasteiger partial charge in [-0.1, -0.05) is 17.4 Å². The average molecular weight is 433 g/mol. The number of rotatable bonds is 5. The van der Waals surface area contributed by atoms with Crippen LogP contribution in [0.15, 0.2) is 35.2 Å². The third-order valence-electron chi connectivity index (χ3n) is 4.55. The van der Waals surface area contributed by atoms with Gasteiger partial charge in [-0.15, -0.1) is 0 Å². The molecule has 9 heteroatoms. The molecule has 0 unspecified atom stereocenters. The summed E-state index contributed by atoms with van der Waals surface area (Å²) >= 11 is 1.38. The van der Waals surface area contributed by atoms with Crippen molar-refractivity contribution < 1.29 is 22.7 Å². The number of hydrogen-bond donors (Lipinski definition) is 1. The second kappa shape index (κ2) is 7.64. The third kappa shape index (κ3) is 4.20. The molecule has 1 aliphatic rings. The molecule has 1 amide bonds. The molecule has 2 aromatic carbocycles. The van der Waals surface area contributed by atoms with Gasteiger partial charge in [0, 0.05) is 12.5 Å². The van der Waals surface area contributed by atoms with Crippen LogP contribution in [0.4, 0.5) is 5.13 Å². The van der Waals surface area contributed by atoms with Crippen LogP contribution < -0.4 is 14.8 Å². The molecule has 3 aromatic rings. The van der Waals surface area contributed by atoms with E-state index in [9.17, 15) is 13.2 Å². The van der Waals surface area contributed by atoms with E-state index in [2.05, 4.69) is 10.3 Å². The van der Waals surface area contributed by atoms with Crippen molar-refractivity contribution >= 4 is 42.4 Å². The monoisotopic (exact) mass is 432 g/mol. The second-order valence-corrected chi connectivity index (χ2v) is 10.0. The van der Waals surface area contributed by atoms with Crippen molar-refractivity contribution in [3.8, 4) is 11.5 Å². The lowest BCUT2D eigenvalue weighted by atomic mass is 10.1. The maximum absolute atomic E-state index is 12.6. The van der Waals surface area contributed by atoms with E-state index < -0.39 is 9.84 Å². The Morgan fingerprint density at radius 2 is 1.90 bits per heavy atom. The summed E-state index contributed by atoms with van der Waals surface area (Å²) < 4.78 is 37.0. The Kier molecular flexibility index (Phi) is 5.18. The van der Waals surface area contributed by atoms with Crippen molar-refractivity contribution in [2.45, 2.75) is 25.2 Å². The number of aryl methyl sites for hydroxylation is 2. The van der Waals surface area contributed by atoms with Crippen LogP contribution in [-0.4, -0.2) is 38.3 Å². The lowest BCUT2D eigenvalue weighted by molar-refractivity contribution is -0.115. The van der Waals surface area contributed by atoms with Crippen LogP contribution >= 0.6 is 11.3 Å². The molecular weight excluding hydrogens is 412 g/mol. The minimum Gasteiger partial charge on any atom is -0.486 e. The first-order valence-corrected chi connectivity index (χ1v) is 11.6. The summed E-state index contributed by atoms with van der Waals surface area (Å²) in [4.78, 5) is 16.9. The summed E-state index contributed by atoms with van der Waals surface area (Å²) in [5.74, 6) is 0.234. The molecule has 1 N–H and O–H groups in total. The second-order valence-electron chi connectivity index (χ2n) is 6.87. The number of carbonyl (C=O) groups is 1. The Morgan fingerprint density at radius 3 is 2.69 bits per heavy atom. The first-order valence-electron chi connectivity index (χ1n) is 9.12. The fraction of sp³-hybridized carbons (Fsp3) is 0.300. The number of anilines is 1. The van der Waals surface area contributed by atoms with Gasteiger partial charge in [-0.05, 0) is 43.2 Å². The summed E-state index contributed by atoms with van der Waals surface area (Å²) in [5.41, 5.74) is 3.01. The zero-order chi connectivity index (χ0) is 20.6. The molecule has 0 aliphatic carbocycles. The van der Waals surface area contributed by atoms with E-state index in [1.807, 2.05) is 26.0 Å². The Balaban J connectivity index is 1.43. The summed E-state index contributed by atoms with van der Waals surface area (Å²) in [6.07, 6.45) is -0.162. The van der Waals surface area contributed by atoms with Crippen molar-refractivity contribution in [2.75, 3.05) is 24.3 Å². The van der Waals surface area contributed by atoms with E-state index in [0.29, 0.717) is 29.8 Å². The fourth-order valence-electron chi connectivity index (χ4n) is 3.17. The van der Waals surface area contributed by atoms with E-state index in [0.717, 1.165) is 21.3 Å². The first kappa shape index (κ1) is 19.7. The van der Waals surface area contributed by atoms with Gasteiger partial charge in [0.05, 0.1) is 20.9 Å². The summed E-state index contributed by atoms with van der Waals surface area (Å²) in [5, 5.41) is 3.18. The van der Waals surface area contributed by atoms with E-state index in [-0.39, 0.29) is 23.0 Å². The molecule has 0 saturated heterocycles. The number of carbonyl (C=O) groups excluding carboxylic acids is 1. The van der Waals surface area contributed by atoms with Crippen LogP contribution in [0.2, 0.25) is 0 Å². The number of ether oxygens (including phenoxy) is 2. The van der Waals surface area contributed by atoms with E-state index in [4.69, 9.17) is 9.47 Å². The molecule has 7 nitrogen and oxygen atoms in total. The standard InChI is InChI=1S/C20H20N2O5S2/c1-12-9-13(2)19-17(10-12)28-20(22-19)21-18(23)5-8-29(24,25)14-3-4-15-16(11-14)27-7-6-26-15/h3-4,9-11H,5-8H2,1-2H3,(H,21,22,23). The molecule has 1 aliphatic heterocycles. The van der Waals surface area contributed by atoms with Gasteiger partial charge in [-0.2, -0.15) is 0 Å².